The second kappa shape index (κ2) is 5.50. The number of hydrogen-bond acceptors (Lipinski definition) is 2. The Balaban J connectivity index is 2.24. The minimum Gasteiger partial charge on any atom is -0.322 e. The number of nitrogens with one attached hydrogen (secondary N) is 1. The van der Waals surface area contributed by atoms with Crippen LogP contribution in [0.3, 0.4) is 0 Å². The SMILES string of the molecule is Cc1cc(Br)ccc1NC(=O)c1ccncc1Cl. The second-order valence-electron chi connectivity index (χ2n) is 3.77. The van der Waals surface area contributed by atoms with E-state index in [0.717, 1.165) is 15.7 Å². The molecule has 5 heteroatoms. The number of pyridine rings is 1. The zero-order valence-electron chi connectivity index (χ0n) is 9.58. The van der Waals surface area contributed by atoms with Crippen LogP contribution < -0.4 is 5.32 Å². The van der Waals surface area contributed by atoms with Gasteiger partial charge in [0, 0.05) is 22.6 Å². The number of halogens is 2. The maximum absolute atomic E-state index is 12.0. The molecule has 0 fully saturated rings. The van der Waals surface area contributed by atoms with E-state index in [1.807, 2.05) is 25.1 Å². The summed E-state index contributed by atoms with van der Waals surface area (Å²) in [5.74, 6) is -0.243. The Morgan fingerprint density at radius 2 is 2.17 bits per heavy atom. The summed E-state index contributed by atoms with van der Waals surface area (Å²) in [5, 5.41) is 3.16. The number of nitrogens with zero attached hydrogens (tertiary/aromatic N) is 1. The van der Waals surface area contributed by atoms with Crippen LogP contribution >= 0.6 is 27.5 Å². The van der Waals surface area contributed by atoms with Crippen molar-refractivity contribution in [2.75, 3.05) is 5.32 Å². The lowest BCUT2D eigenvalue weighted by atomic mass is 10.2. The second-order valence-corrected chi connectivity index (χ2v) is 5.09. The highest BCUT2D eigenvalue weighted by atomic mass is 79.9. The summed E-state index contributed by atoms with van der Waals surface area (Å²) in [6.45, 7) is 1.93. The molecular formula is C13H10BrClN2O. The van der Waals surface area contributed by atoms with Crippen molar-refractivity contribution in [3.63, 3.8) is 0 Å². The van der Waals surface area contributed by atoms with Gasteiger partial charge in [0.1, 0.15) is 0 Å². The lowest BCUT2D eigenvalue weighted by Crippen LogP contribution is -2.13. The molecule has 92 valence electrons. The van der Waals surface area contributed by atoms with E-state index in [9.17, 15) is 4.79 Å². The summed E-state index contributed by atoms with van der Waals surface area (Å²) in [6, 6.07) is 7.23. The zero-order chi connectivity index (χ0) is 13.1. The van der Waals surface area contributed by atoms with Gasteiger partial charge in [0.15, 0.2) is 0 Å². The molecule has 0 radical (unpaired) electrons. The smallest absolute Gasteiger partial charge is 0.257 e. The molecule has 0 bridgehead atoms. The third-order valence-electron chi connectivity index (χ3n) is 2.45. The van der Waals surface area contributed by atoms with Crippen LogP contribution in [-0.4, -0.2) is 10.9 Å². The summed E-state index contributed by atoms with van der Waals surface area (Å²) < 4.78 is 0.972. The van der Waals surface area contributed by atoms with Crippen molar-refractivity contribution in [1.82, 2.24) is 4.98 Å². The number of benzene rings is 1. The molecule has 3 nitrogen and oxygen atoms in total. The average molecular weight is 326 g/mol. The third-order valence-corrected chi connectivity index (χ3v) is 3.25. The average Bonchev–Trinajstić information content (AvgIpc) is 2.33. The topological polar surface area (TPSA) is 42.0 Å². The van der Waals surface area contributed by atoms with Crippen LogP contribution in [0.2, 0.25) is 5.02 Å². The molecule has 2 aromatic rings. The lowest BCUT2D eigenvalue weighted by Gasteiger charge is -2.09. The van der Waals surface area contributed by atoms with Crippen LogP contribution in [0.4, 0.5) is 5.69 Å². The van der Waals surface area contributed by atoms with Crippen molar-refractivity contribution >= 4 is 39.1 Å². The molecule has 18 heavy (non-hydrogen) atoms. The van der Waals surface area contributed by atoms with Crippen molar-refractivity contribution in [2.45, 2.75) is 6.92 Å². The zero-order valence-corrected chi connectivity index (χ0v) is 11.9. The molecule has 0 saturated heterocycles. The summed E-state index contributed by atoms with van der Waals surface area (Å²) in [7, 11) is 0. The highest BCUT2D eigenvalue weighted by Crippen LogP contribution is 2.22. The van der Waals surface area contributed by atoms with Crippen LogP contribution in [0, 0.1) is 6.92 Å². The number of anilines is 1. The first-order valence-corrected chi connectivity index (χ1v) is 6.42. The largest absolute Gasteiger partial charge is 0.322 e. The summed E-state index contributed by atoms with van der Waals surface area (Å²) in [6.07, 6.45) is 2.99. The molecule has 0 aliphatic heterocycles. The normalized spacial score (nSPS) is 10.2. The van der Waals surface area contributed by atoms with Crippen LogP contribution in [-0.2, 0) is 0 Å². The van der Waals surface area contributed by atoms with E-state index in [0.29, 0.717) is 10.6 Å². The molecule has 1 aromatic heterocycles. The van der Waals surface area contributed by atoms with E-state index in [2.05, 4.69) is 26.2 Å². The summed E-state index contributed by atoms with van der Waals surface area (Å²) >= 11 is 9.30. The van der Waals surface area contributed by atoms with Gasteiger partial charge in [0.25, 0.3) is 5.91 Å². The van der Waals surface area contributed by atoms with Crippen molar-refractivity contribution in [2.24, 2.45) is 0 Å². The Kier molecular flexibility index (Phi) is 3.99. The summed E-state index contributed by atoms with van der Waals surface area (Å²) in [5.41, 5.74) is 2.15. The van der Waals surface area contributed by atoms with E-state index < -0.39 is 0 Å². The molecule has 0 aliphatic rings. The number of amides is 1. The van der Waals surface area contributed by atoms with Gasteiger partial charge in [-0.15, -0.1) is 0 Å². The van der Waals surface area contributed by atoms with Crippen LogP contribution in [0.5, 0.6) is 0 Å². The standard InChI is InChI=1S/C13H10BrClN2O/c1-8-6-9(14)2-3-12(8)17-13(18)10-4-5-16-7-11(10)15/h2-7H,1H3,(H,17,18). The van der Waals surface area contributed by atoms with Gasteiger partial charge in [-0.1, -0.05) is 27.5 Å². The predicted octanol–water partition coefficient (Wildman–Crippen LogP) is 4.06. The molecule has 0 unspecified atom stereocenters. The van der Waals surface area contributed by atoms with Gasteiger partial charge < -0.3 is 5.32 Å². The van der Waals surface area contributed by atoms with Crippen molar-refractivity contribution in [3.05, 3.63) is 57.3 Å². The quantitative estimate of drug-likeness (QED) is 0.905. The molecule has 1 aromatic carbocycles. The molecule has 1 amide bonds. The fourth-order valence-electron chi connectivity index (χ4n) is 1.52. The van der Waals surface area contributed by atoms with E-state index in [4.69, 9.17) is 11.6 Å². The lowest BCUT2D eigenvalue weighted by molar-refractivity contribution is 0.102. The van der Waals surface area contributed by atoms with Gasteiger partial charge in [-0.05, 0) is 36.8 Å². The molecule has 1 N–H and O–H groups in total. The highest BCUT2D eigenvalue weighted by molar-refractivity contribution is 9.10. The van der Waals surface area contributed by atoms with E-state index in [1.54, 1.807) is 6.07 Å². The number of rotatable bonds is 2. The van der Waals surface area contributed by atoms with E-state index in [1.165, 1.54) is 12.4 Å². The monoisotopic (exact) mass is 324 g/mol. The Morgan fingerprint density at radius 3 is 2.83 bits per heavy atom. The number of carbonyl (C=O) groups is 1. The fourth-order valence-corrected chi connectivity index (χ4v) is 2.20. The first kappa shape index (κ1) is 13.1. The molecule has 0 saturated carbocycles. The molecule has 2 rings (SSSR count). The van der Waals surface area contributed by atoms with Crippen LogP contribution in [0.15, 0.2) is 41.1 Å². The van der Waals surface area contributed by atoms with Gasteiger partial charge in [-0.25, -0.2) is 0 Å². The highest BCUT2D eigenvalue weighted by Gasteiger charge is 2.11. The number of carbonyl (C=O) groups excluding carboxylic acids is 1. The van der Waals surface area contributed by atoms with Gasteiger partial charge in [0.2, 0.25) is 0 Å². The van der Waals surface area contributed by atoms with Crippen LogP contribution in [0.25, 0.3) is 0 Å². The Morgan fingerprint density at radius 1 is 1.39 bits per heavy atom. The maximum Gasteiger partial charge on any atom is 0.257 e. The molecular weight excluding hydrogens is 316 g/mol. The molecule has 0 atom stereocenters. The Hall–Kier alpha value is -1.39. The number of hydrogen-bond donors (Lipinski definition) is 1. The summed E-state index contributed by atoms with van der Waals surface area (Å²) in [4.78, 5) is 15.9. The maximum atomic E-state index is 12.0. The molecule has 1 heterocycles. The van der Waals surface area contributed by atoms with Gasteiger partial charge >= 0.3 is 0 Å². The minimum absolute atomic E-state index is 0.243. The number of aromatic nitrogens is 1. The Labute approximate surface area is 118 Å². The molecule has 0 spiro atoms. The van der Waals surface area contributed by atoms with Crippen molar-refractivity contribution < 1.29 is 4.79 Å². The van der Waals surface area contributed by atoms with Crippen molar-refractivity contribution in [1.29, 1.82) is 0 Å². The Bertz CT molecular complexity index is 601. The predicted molar refractivity (Wildman–Crippen MR) is 76.1 cm³/mol. The third kappa shape index (κ3) is 2.89. The number of aryl methyl sites for hydroxylation is 1. The molecule has 0 aliphatic carbocycles. The van der Waals surface area contributed by atoms with Gasteiger partial charge in [-0.3, -0.25) is 9.78 Å². The first-order chi connectivity index (χ1) is 8.58. The minimum atomic E-state index is -0.243. The van der Waals surface area contributed by atoms with Gasteiger partial charge in [0.05, 0.1) is 10.6 Å². The van der Waals surface area contributed by atoms with E-state index >= 15 is 0 Å². The van der Waals surface area contributed by atoms with E-state index in [-0.39, 0.29) is 5.91 Å². The van der Waals surface area contributed by atoms with Crippen molar-refractivity contribution in [3.8, 4) is 0 Å². The van der Waals surface area contributed by atoms with Crippen LogP contribution in [0.1, 0.15) is 15.9 Å². The first-order valence-electron chi connectivity index (χ1n) is 5.25. The fraction of sp³-hybridized carbons (Fsp3) is 0.0769. The van der Waals surface area contributed by atoms with Gasteiger partial charge in [-0.2, -0.15) is 0 Å².